The predicted octanol–water partition coefficient (Wildman–Crippen LogP) is 1.70. The summed E-state index contributed by atoms with van der Waals surface area (Å²) in [5.74, 6) is 1.55. The fourth-order valence-electron chi connectivity index (χ4n) is 1.07. The molecule has 0 spiro atoms. The summed E-state index contributed by atoms with van der Waals surface area (Å²) in [5.41, 5.74) is 6.31. The molecule has 0 saturated heterocycles. The number of nitrogens with zero attached hydrogens (tertiary/aromatic N) is 2. The summed E-state index contributed by atoms with van der Waals surface area (Å²) in [7, 11) is 3.34. The summed E-state index contributed by atoms with van der Waals surface area (Å²) in [6.45, 7) is 4.74. The van der Waals surface area contributed by atoms with Gasteiger partial charge in [-0.1, -0.05) is 13.8 Å². The van der Waals surface area contributed by atoms with Gasteiger partial charge in [-0.2, -0.15) is 4.98 Å². The van der Waals surface area contributed by atoms with E-state index in [0.29, 0.717) is 29.9 Å². The number of ether oxygens (including phenoxy) is 1. The number of nitrogens with two attached hydrogens (primary N) is 1. The molecule has 0 aliphatic heterocycles. The average molecular weight is 225 g/mol. The van der Waals surface area contributed by atoms with Crippen LogP contribution in [0.5, 0.6) is 5.88 Å². The van der Waals surface area contributed by atoms with Crippen LogP contribution < -0.4 is 15.5 Å². The van der Waals surface area contributed by atoms with Crippen molar-refractivity contribution in [2.45, 2.75) is 13.8 Å². The van der Waals surface area contributed by atoms with Gasteiger partial charge in [-0.15, -0.1) is 0 Å². The van der Waals surface area contributed by atoms with Crippen molar-refractivity contribution in [3.8, 4) is 5.88 Å². The Labute approximate surface area is 96.1 Å². The number of aromatic nitrogens is 1. The van der Waals surface area contributed by atoms with Gasteiger partial charge < -0.3 is 10.5 Å². The Morgan fingerprint density at radius 1 is 1.44 bits per heavy atom. The Morgan fingerprint density at radius 3 is 2.69 bits per heavy atom. The standard InChI is InChI=1S/C11H19N3O2/c1-8(2)7-16-11-9(12)5-6-10(13-11)14(3)15-4/h5-6,8H,7,12H2,1-4H3. The minimum absolute atomic E-state index is 0.435. The molecule has 0 saturated carbocycles. The van der Waals surface area contributed by atoms with Gasteiger partial charge in [0.05, 0.1) is 19.4 Å². The minimum atomic E-state index is 0.435. The largest absolute Gasteiger partial charge is 0.476 e. The Hall–Kier alpha value is -1.49. The molecule has 1 heterocycles. The number of hydroxylamine groups is 1. The molecule has 0 aliphatic rings. The Kier molecular flexibility index (Phi) is 4.37. The highest BCUT2D eigenvalue weighted by atomic mass is 16.7. The smallest absolute Gasteiger partial charge is 0.239 e. The minimum Gasteiger partial charge on any atom is -0.476 e. The van der Waals surface area contributed by atoms with E-state index in [4.69, 9.17) is 15.3 Å². The number of anilines is 2. The molecular weight excluding hydrogens is 206 g/mol. The maximum Gasteiger partial charge on any atom is 0.239 e. The van der Waals surface area contributed by atoms with E-state index in [2.05, 4.69) is 18.8 Å². The molecule has 0 atom stereocenters. The second-order valence-electron chi connectivity index (χ2n) is 3.95. The maximum atomic E-state index is 5.77. The van der Waals surface area contributed by atoms with E-state index in [9.17, 15) is 0 Å². The third-order valence-electron chi connectivity index (χ3n) is 2.02. The number of hydrogen-bond donors (Lipinski definition) is 1. The van der Waals surface area contributed by atoms with Crippen LogP contribution in [0.15, 0.2) is 12.1 Å². The van der Waals surface area contributed by atoms with Gasteiger partial charge in [0.25, 0.3) is 0 Å². The third-order valence-corrected chi connectivity index (χ3v) is 2.02. The highest BCUT2D eigenvalue weighted by molar-refractivity contribution is 5.53. The molecule has 0 fully saturated rings. The predicted molar refractivity (Wildman–Crippen MR) is 64.4 cm³/mol. The highest BCUT2D eigenvalue weighted by Crippen LogP contribution is 2.22. The molecule has 5 nitrogen and oxygen atoms in total. The lowest BCUT2D eigenvalue weighted by molar-refractivity contribution is 0.181. The highest BCUT2D eigenvalue weighted by Gasteiger charge is 2.08. The zero-order valence-electron chi connectivity index (χ0n) is 10.2. The first-order chi connectivity index (χ1) is 7.54. The molecule has 0 amide bonds. The molecule has 0 radical (unpaired) electrons. The van der Waals surface area contributed by atoms with E-state index in [1.807, 2.05) is 0 Å². The summed E-state index contributed by atoms with van der Waals surface area (Å²) in [4.78, 5) is 9.30. The summed E-state index contributed by atoms with van der Waals surface area (Å²) >= 11 is 0. The first-order valence-corrected chi connectivity index (χ1v) is 5.21. The van der Waals surface area contributed by atoms with Gasteiger partial charge in [0.15, 0.2) is 5.82 Å². The molecule has 2 N–H and O–H groups in total. The monoisotopic (exact) mass is 225 g/mol. The lowest BCUT2D eigenvalue weighted by atomic mass is 10.2. The fraction of sp³-hybridized carbons (Fsp3) is 0.545. The van der Waals surface area contributed by atoms with E-state index in [1.165, 1.54) is 0 Å². The van der Waals surface area contributed by atoms with Crippen LogP contribution in [-0.2, 0) is 4.84 Å². The zero-order valence-corrected chi connectivity index (χ0v) is 10.2. The number of rotatable bonds is 5. The van der Waals surface area contributed by atoms with Crippen LogP contribution in [0, 0.1) is 5.92 Å². The quantitative estimate of drug-likeness (QED) is 0.773. The molecule has 1 aromatic rings. The number of pyridine rings is 1. The van der Waals surface area contributed by atoms with Gasteiger partial charge >= 0.3 is 0 Å². The second-order valence-corrected chi connectivity index (χ2v) is 3.95. The average Bonchev–Trinajstić information content (AvgIpc) is 2.26. The van der Waals surface area contributed by atoms with Gasteiger partial charge in [-0.3, -0.25) is 4.84 Å². The molecule has 1 aromatic heterocycles. The fourth-order valence-corrected chi connectivity index (χ4v) is 1.07. The van der Waals surface area contributed by atoms with Gasteiger partial charge in [0.1, 0.15) is 0 Å². The van der Waals surface area contributed by atoms with Gasteiger partial charge in [-0.25, -0.2) is 5.06 Å². The van der Waals surface area contributed by atoms with Crippen LogP contribution in [0.3, 0.4) is 0 Å². The van der Waals surface area contributed by atoms with Crippen molar-refractivity contribution in [3.05, 3.63) is 12.1 Å². The van der Waals surface area contributed by atoms with Gasteiger partial charge in [0, 0.05) is 7.05 Å². The Bertz CT molecular complexity index is 342. The normalized spacial score (nSPS) is 10.6. The molecule has 0 unspecified atom stereocenters. The van der Waals surface area contributed by atoms with E-state index in [-0.39, 0.29) is 0 Å². The topological polar surface area (TPSA) is 60.6 Å². The lowest BCUT2D eigenvalue weighted by Gasteiger charge is -2.16. The van der Waals surface area contributed by atoms with Crippen LogP contribution >= 0.6 is 0 Å². The molecule has 1 rings (SSSR count). The SMILES string of the molecule is CON(C)c1ccc(N)c(OCC(C)C)n1. The van der Waals surface area contributed by atoms with Gasteiger partial charge in [-0.05, 0) is 18.1 Å². The van der Waals surface area contributed by atoms with Crippen molar-refractivity contribution in [2.75, 3.05) is 31.6 Å². The van der Waals surface area contributed by atoms with Crippen molar-refractivity contribution >= 4 is 11.5 Å². The van der Waals surface area contributed by atoms with E-state index >= 15 is 0 Å². The van der Waals surface area contributed by atoms with Crippen LogP contribution in [0.1, 0.15) is 13.8 Å². The van der Waals surface area contributed by atoms with E-state index < -0.39 is 0 Å². The van der Waals surface area contributed by atoms with Crippen LogP contribution in [0.25, 0.3) is 0 Å². The summed E-state index contributed by atoms with van der Waals surface area (Å²) in [5, 5.41) is 1.54. The molecule has 0 bridgehead atoms. The second kappa shape index (κ2) is 5.55. The summed E-state index contributed by atoms with van der Waals surface area (Å²) < 4.78 is 5.52. The molecular formula is C11H19N3O2. The van der Waals surface area contributed by atoms with Crippen LogP contribution in [0.2, 0.25) is 0 Å². The van der Waals surface area contributed by atoms with Gasteiger partial charge in [0.2, 0.25) is 5.88 Å². The lowest BCUT2D eigenvalue weighted by Crippen LogP contribution is -2.17. The molecule has 0 aromatic carbocycles. The van der Waals surface area contributed by atoms with Crippen LogP contribution in [-0.4, -0.2) is 25.7 Å². The molecule has 0 aliphatic carbocycles. The maximum absolute atomic E-state index is 5.77. The number of hydrogen-bond acceptors (Lipinski definition) is 5. The molecule has 90 valence electrons. The van der Waals surface area contributed by atoms with Crippen molar-refractivity contribution in [1.29, 1.82) is 0 Å². The number of nitrogen functional groups attached to an aromatic ring is 1. The van der Waals surface area contributed by atoms with E-state index in [0.717, 1.165) is 0 Å². The van der Waals surface area contributed by atoms with Crippen molar-refractivity contribution in [3.63, 3.8) is 0 Å². The van der Waals surface area contributed by atoms with E-state index in [1.54, 1.807) is 31.4 Å². The Balaban J connectivity index is 2.82. The zero-order chi connectivity index (χ0) is 12.1. The Morgan fingerprint density at radius 2 is 2.12 bits per heavy atom. The molecule has 5 heteroatoms. The first-order valence-electron chi connectivity index (χ1n) is 5.21. The van der Waals surface area contributed by atoms with Crippen molar-refractivity contribution in [2.24, 2.45) is 5.92 Å². The van der Waals surface area contributed by atoms with Crippen molar-refractivity contribution in [1.82, 2.24) is 4.98 Å². The van der Waals surface area contributed by atoms with Crippen molar-refractivity contribution < 1.29 is 9.57 Å². The summed E-state index contributed by atoms with van der Waals surface area (Å²) in [6.07, 6.45) is 0. The third kappa shape index (κ3) is 3.27. The van der Waals surface area contributed by atoms with Crippen LogP contribution in [0.4, 0.5) is 11.5 Å². The molecule has 16 heavy (non-hydrogen) atoms. The summed E-state index contributed by atoms with van der Waals surface area (Å²) in [6, 6.07) is 3.54. The first kappa shape index (κ1) is 12.6.